The molecule has 3 nitrogen and oxygen atoms in total. The number of hydrogen-bond acceptors (Lipinski definition) is 3. The summed E-state index contributed by atoms with van der Waals surface area (Å²) in [5, 5.41) is 3.28. The molecule has 0 saturated heterocycles. The maximum atomic E-state index is 5.00. The van der Waals surface area contributed by atoms with Crippen molar-refractivity contribution in [2.45, 2.75) is 19.4 Å². The summed E-state index contributed by atoms with van der Waals surface area (Å²) in [5.41, 5.74) is 0. The fourth-order valence-electron chi connectivity index (χ4n) is 1.14. The van der Waals surface area contributed by atoms with Gasteiger partial charge in [0.25, 0.3) is 0 Å². The van der Waals surface area contributed by atoms with E-state index >= 15 is 0 Å². The third-order valence-electron chi connectivity index (χ3n) is 2.11. The molecule has 0 radical (unpaired) electrons. The molecule has 0 aliphatic heterocycles. The van der Waals surface area contributed by atoms with Crippen LogP contribution in [0.5, 0.6) is 0 Å². The van der Waals surface area contributed by atoms with Gasteiger partial charge < -0.3 is 15.0 Å². The fraction of sp³-hybridized carbons (Fsp3) is 1.00. The molecule has 0 heterocycles. The van der Waals surface area contributed by atoms with Gasteiger partial charge in [-0.1, -0.05) is 6.92 Å². The first-order valence-electron chi connectivity index (χ1n) is 4.59. The van der Waals surface area contributed by atoms with Crippen molar-refractivity contribution in [1.82, 2.24) is 10.2 Å². The van der Waals surface area contributed by atoms with E-state index in [1.54, 1.807) is 7.11 Å². The highest BCUT2D eigenvalue weighted by Crippen LogP contribution is 1.93. The van der Waals surface area contributed by atoms with Crippen molar-refractivity contribution in [2.24, 2.45) is 0 Å². The average molecular weight is 174 g/mol. The van der Waals surface area contributed by atoms with Crippen molar-refractivity contribution in [1.29, 1.82) is 0 Å². The first kappa shape index (κ1) is 11.9. The maximum Gasteiger partial charge on any atom is 0.0589 e. The Morgan fingerprint density at radius 1 is 1.50 bits per heavy atom. The lowest BCUT2D eigenvalue weighted by atomic mass is 10.2. The zero-order chi connectivity index (χ0) is 9.40. The summed E-state index contributed by atoms with van der Waals surface area (Å²) in [7, 11) is 5.88. The second kappa shape index (κ2) is 7.53. The van der Waals surface area contributed by atoms with Gasteiger partial charge in [-0.2, -0.15) is 0 Å². The highest BCUT2D eigenvalue weighted by molar-refractivity contribution is 4.66. The molecule has 12 heavy (non-hydrogen) atoms. The Balaban J connectivity index is 3.44. The molecule has 0 aromatic heterocycles. The lowest BCUT2D eigenvalue weighted by Gasteiger charge is -2.22. The molecule has 74 valence electrons. The van der Waals surface area contributed by atoms with Crippen LogP contribution >= 0.6 is 0 Å². The van der Waals surface area contributed by atoms with Crippen LogP contribution in [0.15, 0.2) is 0 Å². The van der Waals surface area contributed by atoms with Crippen LogP contribution in [0.25, 0.3) is 0 Å². The Morgan fingerprint density at radius 2 is 2.17 bits per heavy atom. The molecular weight excluding hydrogens is 152 g/mol. The van der Waals surface area contributed by atoms with E-state index < -0.39 is 0 Å². The Morgan fingerprint density at radius 3 is 2.58 bits per heavy atom. The van der Waals surface area contributed by atoms with Gasteiger partial charge in [-0.3, -0.25) is 0 Å². The highest BCUT2D eigenvalue weighted by atomic mass is 16.5. The second-order valence-electron chi connectivity index (χ2n) is 3.15. The zero-order valence-corrected chi connectivity index (χ0v) is 8.76. The molecule has 0 aliphatic rings. The first-order valence-corrected chi connectivity index (χ1v) is 4.59. The monoisotopic (exact) mass is 174 g/mol. The molecule has 0 spiro atoms. The van der Waals surface area contributed by atoms with E-state index in [-0.39, 0.29) is 0 Å². The van der Waals surface area contributed by atoms with Crippen LogP contribution in [0.3, 0.4) is 0 Å². The molecule has 0 saturated carbocycles. The predicted octanol–water partition coefficient (Wildman–Crippen LogP) is 0.563. The minimum atomic E-state index is 0.604. The largest absolute Gasteiger partial charge is 0.383 e. The third kappa shape index (κ3) is 5.52. The van der Waals surface area contributed by atoms with E-state index in [9.17, 15) is 0 Å². The van der Waals surface area contributed by atoms with Crippen LogP contribution < -0.4 is 5.32 Å². The van der Waals surface area contributed by atoms with Gasteiger partial charge in [-0.05, 0) is 20.5 Å². The van der Waals surface area contributed by atoms with Crippen molar-refractivity contribution < 1.29 is 4.74 Å². The zero-order valence-electron chi connectivity index (χ0n) is 8.76. The van der Waals surface area contributed by atoms with E-state index in [1.807, 2.05) is 7.05 Å². The average Bonchev–Trinajstić information content (AvgIpc) is 2.10. The number of nitrogens with one attached hydrogen (secondary N) is 1. The van der Waals surface area contributed by atoms with Gasteiger partial charge in [-0.15, -0.1) is 0 Å². The first-order chi connectivity index (χ1) is 5.74. The number of methoxy groups -OCH3 is 1. The summed E-state index contributed by atoms with van der Waals surface area (Å²) < 4.78 is 5.00. The summed E-state index contributed by atoms with van der Waals surface area (Å²) in [6.45, 7) is 5.12. The van der Waals surface area contributed by atoms with Crippen LogP contribution in [0.4, 0.5) is 0 Å². The quantitative estimate of drug-likeness (QED) is 0.610. The molecule has 0 aromatic rings. The van der Waals surface area contributed by atoms with Crippen molar-refractivity contribution >= 4 is 0 Å². The van der Waals surface area contributed by atoms with Crippen molar-refractivity contribution in [3.8, 4) is 0 Å². The number of nitrogens with zero attached hydrogens (tertiary/aromatic N) is 1. The van der Waals surface area contributed by atoms with Crippen LogP contribution in [0, 0.1) is 0 Å². The smallest absolute Gasteiger partial charge is 0.0589 e. The molecule has 0 aliphatic carbocycles. The van der Waals surface area contributed by atoms with Crippen LogP contribution in [-0.4, -0.2) is 51.8 Å². The van der Waals surface area contributed by atoms with E-state index in [0.29, 0.717) is 6.04 Å². The van der Waals surface area contributed by atoms with Gasteiger partial charge in [0.15, 0.2) is 0 Å². The summed E-state index contributed by atoms with van der Waals surface area (Å²) in [6, 6.07) is 0.604. The van der Waals surface area contributed by atoms with E-state index in [1.165, 1.54) is 6.42 Å². The maximum absolute atomic E-state index is 5.00. The molecule has 1 N–H and O–H groups in total. The molecule has 0 bridgehead atoms. The molecule has 1 atom stereocenters. The van der Waals surface area contributed by atoms with Crippen LogP contribution in [-0.2, 0) is 4.74 Å². The van der Waals surface area contributed by atoms with Crippen LogP contribution in [0.1, 0.15) is 13.3 Å². The summed E-state index contributed by atoms with van der Waals surface area (Å²) in [6.07, 6.45) is 1.17. The topological polar surface area (TPSA) is 24.5 Å². The lowest BCUT2D eigenvalue weighted by molar-refractivity contribution is 0.155. The number of ether oxygens (including phenoxy) is 1. The van der Waals surface area contributed by atoms with Gasteiger partial charge in [0.1, 0.15) is 0 Å². The van der Waals surface area contributed by atoms with E-state index in [2.05, 4.69) is 24.2 Å². The van der Waals surface area contributed by atoms with Gasteiger partial charge in [-0.25, -0.2) is 0 Å². The molecule has 0 unspecified atom stereocenters. The summed E-state index contributed by atoms with van der Waals surface area (Å²) in [4.78, 5) is 2.29. The SMILES string of the molecule is CC[C@@H](CN(C)CCOC)NC. The van der Waals surface area contributed by atoms with Crippen LogP contribution in [0.2, 0.25) is 0 Å². The fourth-order valence-corrected chi connectivity index (χ4v) is 1.14. The van der Waals surface area contributed by atoms with E-state index in [4.69, 9.17) is 4.74 Å². The Hall–Kier alpha value is -0.120. The summed E-state index contributed by atoms with van der Waals surface area (Å²) >= 11 is 0. The molecule has 0 fully saturated rings. The minimum absolute atomic E-state index is 0.604. The number of likely N-dealkylation sites (N-methyl/N-ethyl adjacent to an activating group) is 2. The second-order valence-corrected chi connectivity index (χ2v) is 3.15. The molecule has 0 amide bonds. The van der Waals surface area contributed by atoms with Crippen molar-refractivity contribution in [3.05, 3.63) is 0 Å². The molecule has 0 aromatic carbocycles. The normalized spacial score (nSPS) is 13.8. The van der Waals surface area contributed by atoms with E-state index in [0.717, 1.165) is 19.7 Å². The summed E-state index contributed by atoms with van der Waals surface area (Å²) in [5.74, 6) is 0. The van der Waals surface area contributed by atoms with Gasteiger partial charge in [0.05, 0.1) is 6.61 Å². The number of hydrogen-bond donors (Lipinski definition) is 1. The molecular formula is C9H22N2O. The van der Waals surface area contributed by atoms with Gasteiger partial charge in [0, 0.05) is 26.2 Å². The Kier molecular flexibility index (Phi) is 7.45. The number of rotatable bonds is 7. The minimum Gasteiger partial charge on any atom is -0.383 e. The van der Waals surface area contributed by atoms with Crippen molar-refractivity contribution in [3.63, 3.8) is 0 Å². The molecule has 0 rings (SSSR count). The van der Waals surface area contributed by atoms with Gasteiger partial charge >= 0.3 is 0 Å². The van der Waals surface area contributed by atoms with Crippen molar-refractivity contribution in [2.75, 3.05) is 40.9 Å². The molecule has 3 heteroatoms. The lowest BCUT2D eigenvalue weighted by Crippen LogP contribution is -2.38. The standard InChI is InChI=1S/C9H22N2O/c1-5-9(10-2)8-11(3)6-7-12-4/h9-10H,5-8H2,1-4H3/t9-/m0/s1. The Bertz CT molecular complexity index is 94.5. The third-order valence-corrected chi connectivity index (χ3v) is 2.11. The highest BCUT2D eigenvalue weighted by Gasteiger charge is 2.05. The predicted molar refractivity (Wildman–Crippen MR) is 52.5 cm³/mol. The van der Waals surface area contributed by atoms with Gasteiger partial charge in [0.2, 0.25) is 0 Å². The Labute approximate surface area is 76.1 Å².